The van der Waals surface area contributed by atoms with E-state index < -0.39 is 0 Å². The van der Waals surface area contributed by atoms with Crippen LogP contribution in [0.5, 0.6) is 11.5 Å². The summed E-state index contributed by atoms with van der Waals surface area (Å²) in [7, 11) is 0. The first-order chi connectivity index (χ1) is 4.74. The van der Waals surface area contributed by atoms with Crippen molar-refractivity contribution in [3.8, 4) is 11.5 Å². The molecule has 0 aliphatic carbocycles. The van der Waals surface area contributed by atoms with Gasteiger partial charge in [-0.15, -0.1) is 0 Å². The maximum atomic E-state index is 8.87. The Bertz CT molecular complexity index is 239. The molecule has 0 saturated heterocycles. The highest BCUT2D eigenvalue weighted by Crippen LogP contribution is 2.26. The lowest BCUT2D eigenvalue weighted by Gasteiger charge is -1.99. The SMILES string of the molecule is Nc1ccc(O)cc1OCl. The van der Waals surface area contributed by atoms with E-state index in [1.807, 2.05) is 0 Å². The second-order valence-corrected chi connectivity index (χ2v) is 1.95. The van der Waals surface area contributed by atoms with Crippen molar-refractivity contribution in [3.05, 3.63) is 18.2 Å². The molecule has 0 amide bonds. The van der Waals surface area contributed by atoms with Crippen LogP contribution < -0.4 is 10.0 Å². The fraction of sp³-hybridized carbons (Fsp3) is 0. The van der Waals surface area contributed by atoms with Gasteiger partial charge in [-0.1, -0.05) is 0 Å². The monoisotopic (exact) mass is 159 g/mol. The predicted octanol–water partition coefficient (Wildman–Crippen LogP) is 1.51. The number of hydrogen-bond acceptors (Lipinski definition) is 3. The molecule has 1 aromatic carbocycles. The normalized spacial score (nSPS) is 9.30. The van der Waals surface area contributed by atoms with E-state index in [0.717, 1.165) is 0 Å². The van der Waals surface area contributed by atoms with E-state index in [0.29, 0.717) is 5.69 Å². The zero-order valence-electron chi connectivity index (χ0n) is 5.04. The summed E-state index contributed by atoms with van der Waals surface area (Å²) in [6.07, 6.45) is 0. The Balaban J connectivity index is 3.09. The molecule has 10 heavy (non-hydrogen) atoms. The molecular weight excluding hydrogens is 154 g/mol. The van der Waals surface area contributed by atoms with Crippen molar-refractivity contribution in [1.29, 1.82) is 0 Å². The third-order valence-electron chi connectivity index (χ3n) is 1.08. The van der Waals surface area contributed by atoms with Gasteiger partial charge < -0.3 is 15.1 Å². The van der Waals surface area contributed by atoms with E-state index in [9.17, 15) is 0 Å². The molecule has 0 spiro atoms. The van der Waals surface area contributed by atoms with Gasteiger partial charge in [-0.25, -0.2) is 0 Å². The molecule has 0 heterocycles. The summed E-state index contributed by atoms with van der Waals surface area (Å²) >= 11 is 5.01. The fourth-order valence-corrected chi connectivity index (χ4v) is 0.723. The van der Waals surface area contributed by atoms with Gasteiger partial charge in [0.05, 0.1) is 5.69 Å². The van der Waals surface area contributed by atoms with Crippen LogP contribution in [0, 0.1) is 0 Å². The van der Waals surface area contributed by atoms with Crippen LogP contribution in [0.4, 0.5) is 5.69 Å². The topological polar surface area (TPSA) is 55.5 Å². The number of benzene rings is 1. The summed E-state index contributed by atoms with van der Waals surface area (Å²) in [5, 5.41) is 8.87. The molecule has 0 unspecified atom stereocenters. The van der Waals surface area contributed by atoms with Gasteiger partial charge in [0.2, 0.25) is 0 Å². The minimum absolute atomic E-state index is 0.0739. The predicted molar refractivity (Wildman–Crippen MR) is 39.0 cm³/mol. The van der Waals surface area contributed by atoms with Crippen molar-refractivity contribution in [3.63, 3.8) is 0 Å². The van der Waals surface area contributed by atoms with E-state index in [1.165, 1.54) is 18.2 Å². The van der Waals surface area contributed by atoms with Crippen molar-refractivity contribution in [2.24, 2.45) is 0 Å². The Kier molecular flexibility index (Phi) is 1.87. The third kappa shape index (κ3) is 1.25. The van der Waals surface area contributed by atoms with Crippen LogP contribution >= 0.6 is 11.9 Å². The summed E-state index contributed by atoms with van der Waals surface area (Å²) in [4.78, 5) is 0. The highest BCUT2D eigenvalue weighted by atomic mass is 35.5. The van der Waals surface area contributed by atoms with Gasteiger partial charge in [0, 0.05) is 6.07 Å². The van der Waals surface area contributed by atoms with E-state index in [1.54, 1.807) is 0 Å². The zero-order valence-corrected chi connectivity index (χ0v) is 5.80. The van der Waals surface area contributed by atoms with Gasteiger partial charge in [-0.3, -0.25) is 0 Å². The minimum atomic E-state index is 0.0739. The number of halogens is 1. The number of phenolic OH excluding ortho intramolecular Hbond substituents is 1. The molecule has 0 bridgehead atoms. The number of nitrogen functional groups attached to an aromatic ring is 1. The standard InChI is InChI=1S/C6H6ClNO2/c7-10-6-3-4(9)1-2-5(6)8/h1-3,9H,8H2. The molecule has 54 valence electrons. The van der Waals surface area contributed by atoms with Crippen LogP contribution in [0.15, 0.2) is 18.2 Å². The van der Waals surface area contributed by atoms with Gasteiger partial charge in [-0.2, -0.15) is 0 Å². The van der Waals surface area contributed by atoms with E-state index >= 15 is 0 Å². The molecule has 0 atom stereocenters. The lowest BCUT2D eigenvalue weighted by atomic mass is 10.3. The lowest BCUT2D eigenvalue weighted by molar-refractivity contribution is 0.472. The Hall–Kier alpha value is -1.09. The highest BCUT2D eigenvalue weighted by molar-refractivity contribution is 6.09. The van der Waals surface area contributed by atoms with Crippen LogP contribution in [0.2, 0.25) is 0 Å². The molecule has 3 N–H and O–H groups in total. The molecule has 1 rings (SSSR count). The van der Waals surface area contributed by atoms with E-state index in [2.05, 4.69) is 4.29 Å². The van der Waals surface area contributed by atoms with Gasteiger partial charge >= 0.3 is 0 Å². The van der Waals surface area contributed by atoms with Gasteiger partial charge in [-0.05, 0) is 12.1 Å². The Morgan fingerprint density at radius 3 is 2.70 bits per heavy atom. The van der Waals surface area contributed by atoms with Crippen LogP contribution in [0.3, 0.4) is 0 Å². The molecular formula is C6H6ClNO2. The molecule has 0 fully saturated rings. The second-order valence-electron chi connectivity index (χ2n) is 1.80. The van der Waals surface area contributed by atoms with E-state index in [4.69, 9.17) is 22.7 Å². The molecule has 1 aromatic rings. The smallest absolute Gasteiger partial charge is 0.172 e. The van der Waals surface area contributed by atoms with Crippen LogP contribution in [0.1, 0.15) is 0 Å². The molecule has 0 radical (unpaired) electrons. The van der Waals surface area contributed by atoms with Crippen molar-refractivity contribution in [1.82, 2.24) is 0 Å². The molecule has 0 aliphatic rings. The van der Waals surface area contributed by atoms with Crippen molar-refractivity contribution < 1.29 is 9.40 Å². The molecule has 0 aliphatic heterocycles. The van der Waals surface area contributed by atoms with Gasteiger partial charge in [0.15, 0.2) is 5.75 Å². The maximum Gasteiger partial charge on any atom is 0.172 e. The van der Waals surface area contributed by atoms with Crippen molar-refractivity contribution in [2.45, 2.75) is 0 Å². The molecule has 4 heteroatoms. The first-order valence-corrected chi connectivity index (χ1v) is 2.92. The van der Waals surface area contributed by atoms with E-state index in [-0.39, 0.29) is 11.5 Å². The quantitative estimate of drug-likeness (QED) is 0.483. The third-order valence-corrected chi connectivity index (χ3v) is 1.25. The largest absolute Gasteiger partial charge is 0.508 e. The summed E-state index contributed by atoms with van der Waals surface area (Å²) < 4.78 is 4.31. The zero-order chi connectivity index (χ0) is 7.56. The maximum absolute atomic E-state index is 8.87. The number of hydrogen-bond donors (Lipinski definition) is 2. The van der Waals surface area contributed by atoms with Crippen LogP contribution in [-0.2, 0) is 0 Å². The summed E-state index contributed by atoms with van der Waals surface area (Å²) in [5.74, 6) is 0.339. The summed E-state index contributed by atoms with van der Waals surface area (Å²) in [5.41, 5.74) is 5.78. The average molecular weight is 160 g/mol. The highest BCUT2D eigenvalue weighted by Gasteiger charge is 1.99. The van der Waals surface area contributed by atoms with Crippen LogP contribution in [-0.4, -0.2) is 5.11 Å². The molecule has 3 nitrogen and oxygen atoms in total. The number of anilines is 1. The molecule has 0 aromatic heterocycles. The first kappa shape index (κ1) is 7.02. The molecule has 0 saturated carbocycles. The second kappa shape index (κ2) is 2.66. The summed E-state index contributed by atoms with van der Waals surface area (Å²) in [6, 6.07) is 4.30. The number of aromatic hydroxyl groups is 1. The summed E-state index contributed by atoms with van der Waals surface area (Å²) in [6.45, 7) is 0. The number of rotatable bonds is 1. The number of nitrogens with two attached hydrogens (primary N) is 1. The van der Waals surface area contributed by atoms with Gasteiger partial charge in [0.1, 0.15) is 17.6 Å². The Labute approximate surface area is 63.2 Å². The van der Waals surface area contributed by atoms with Crippen molar-refractivity contribution in [2.75, 3.05) is 5.73 Å². The fourth-order valence-electron chi connectivity index (χ4n) is 0.590. The van der Waals surface area contributed by atoms with Crippen LogP contribution in [0.25, 0.3) is 0 Å². The first-order valence-electron chi connectivity index (χ1n) is 2.61. The minimum Gasteiger partial charge on any atom is -0.508 e. The number of phenols is 1. The Morgan fingerprint density at radius 2 is 2.20 bits per heavy atom. The van der Waals surface area contributed by atoms with Crippen molar-refractivity contribution >= 4 is 17.6 Å². The van der Waals surface area contributed by atoms with Gasteiger partial charge in [0.25, 0.3) is 0 Å². The Morgan fingerprint density at radius 1 is 1.50 bits per heavy atom. The lowest BCUT2D eigenvalue weighted by Crippen LogP contribution is -1.87. The average Bonchev–Trinajstić information content (AvgIpc) is 1.94.